The Bertz CT molecular complexity index is 812. The molecule has 0 saturated carbocycles. The Labute approximate surface area is 150 Å². The molecule has 1 N–H and O–H groups in total. The normalized spacial score (nSPS) is 17.7. The summed E-state index contributed by atoms with van der Waals surface area (Å²) < 4.78 is 13.8. The SMILES string of the molecule is O=C(Nc1cccc([N+](=O)[O-])c1)C1CCCN(Cc2ccccc2F)C1. The molecular weight excluding hydrogens is 337 g/mol. The predicted octanol–water partition coefficient (Wildman–Crippen LogP) is 3.58. The lowest BCUT2D eigenvalue weighted by atomic mass is 9.96. The smallest absolute Gasteiger partial charge is 0.271 e. The summed E-state index contributed by atoms with van der Waals surface area (Å²) in [4.78, 5) is 24.9. The van der Waals surface area contributed by atoms with Gasteiger partial charge in [0.05, 0.1) is 10.8 Å². The number of carbonyl (C=O) groups excluding carboxylic acids is 1. The third-order valence-corrected chi connectivity index (χ3v) is 4.55. The Kier molecular flexibility index (Phi) is 5.58. The molecule has 0 spiro atoms. The number of hydrogen-bond donors (Lipinski definition) is 1. The molecule has 1 aliphatic rings. The molecule has 1 amide bonds. The van der Waals surface area contributed by atoms with E-state index in [2.05, 4.69) is 10.2 Å². The third kappa shape index (κ3) is 4.43. The van der Waals surface area contributed by atoms with Crippen molar-refractivity contribution in [2.24, 2.45) is 5.92 Å². The maximum absolute atomic E-state index is 13.8. The number of carbonyl (C=O) groups is 1. The molecule has 2 aromatic carbocycles. The summed E-state index contributed by atoms with van der Waals surface area (Å²) in [6, 6.07) is 12.5. The molecule has 3 rings (SSSR count). The molecule has 0 aromatic heterocycles. The van der Waals surface area contributed by atoms with E-state index in [4.69, 9.17) is 0 Å². The number of anilines is 1. The Morgan fingerprint density at radius 3 is 2.85 bits per heavy atom. The Balaban J connectivity index is 1.62. The molecule has 1 heterocycles. The summed E-state index contributed by atoms with van der Waals surface area (Å²) in [5.74, 6) is -0.630. The van der Waals surface area contributed by atoms with Crippen molar-refractivity contribution in [3.8, 4) is 0 Å². The average molecular weight is 357 g/mol. The molecule has 0 radical (unpaired) electrons. The van der Waals surface area contributed by atoms with Gasteiger partial charge in [-0.25, -0.2) is 4.39 Å². The van der Waals surface area contributed by atoms with Crippen LogP contribution >= 0.6 is 0 Å². The van der Waals surface area contributed by atoms with Crippen LogP contribution in [-0.2, 0) is 11.3 Å². The van der Waals surface area contributed by atoms with Crippen molar-refractivity contribution < 1.29 is 14.1 Å². The van der Waals surface area contributed by atoms with Crippen LogP contribution in [0.1, 0.15) is 18.4 Å². The van der Waals surface area contributed by atoms with Gasteiger partial charge in [0, 0.05) is 36.5 Å². The molecule has 0 aliphatic carbocycles. The first-order valence-electron chi connectivity index (χ1n) is 8.54. The number of hydrogen-bond acceptors (Lipinski definition) is 4. The van der Waals surface area contributed by atoms with Crippen LogP contribution in [-0.4, -0.2) is 28.8 Å². The van der Waals surface area contributed by atoms with Gasteiger partial charge in [-0.2, -0.15) is 0 Å². The van der Waals surface area contributed by atoms with Crippen molar-refractivity contribution in [2.45, 2.75) is 19.4 Å². The molecule has 136 valence electrons. The standard InChI is InChI=1S/C19H20FN3O3/c20-18-9-2-1-5-14(18)12-22-10-4-6-15(13-22)19(24)21-16-7-3-8-17(11-16)23(25)26/h1-3,5,7-9,11,15H,4,6,10,12-13H2,(H,21,24). The van der Waals surface area contributed by atoms with Crippen molar-refractivity contribution >= 4 is 17.3 Å². The third-order valence-electron chi connectivity index (χ3n) is 4.55. The quantitative estimate of drug-likeness (QED) is 0.655. The van der Waals surface area contributed by atoms with Crippen molar-refractivity contribution in [1.29, 1.82) is 0 Å². The van der Waals surface area contributed by atoms with Crippen LogP contribution < -0.4 is 5.32 Å². The van der Waals surface area contributed by atoms with Crippen LogP contribution in [0.2, 0.25) is 0 Å². The van der Waals surface area contributed by atoms with Gasteiger partial charge in [0.2, 0.25) is 5.91 Å². The highest BCUT2D eigenvalue weighted by atomic mass is 19.1. The van der Waals surface area contributed by atoms with E-state index in [1.165, 1.54) is 18.2 Å². The van der Waals surface area contributed by atoms with Gasteiger partial charge in [0.1, 0.15) is 5.82 Å². The van der Waals surface area contributed by atoms with E-state index < -0.39 is 4.92 Å². The number of amides is 1. The highest BCUT2D eigenvalue weighted by molar-refractivity contribution is 5.93. The highest BCUT2D eigenvalue weighted by Crippen LogP contribution is 2.22. The van der Waals surface area contributed by atoms with Crippen LogP contribution in [0.5, 0.6) is 0 Å². The van der Waals surface area contributed by atoms with Gasteiger partial charge in [-0.1, -0.05) is 24.3 Å². The maximum atomic E-state index is 13.8. The van der Waals surface area contributed by atoms with E-state index in [1.54, 1.807) is 30.3 Å². The van der Waals surface area contributed by atoms with Crippen molar-refractivity contribution in [3.05, 3.63) is 70.0 Å². The van der Waals surface area contributed by atoms with Crippen molar-refractivity contribution in [3.63, 3.8) is 0 Å². The Morgan fingerprint density at radius 2 is 2.08 bits per heavy atom. The van der Waals surface area contributed by atoms with E-state index in [0.717, 1.165) is 19.4 Å². The summed E-state index contributed by atoms with van der Waals surface area (Å²) in [7, 11) is 0. The minimum Gasteiger partial charge on any atom is -0.326 e. The summed E-state index contributed by atoms with van der Waals surface area (Å²) in [5, 5.41) is 13.6. The molecule has 1 atom stereocenters. The first-order chi connectivity index (χ1) is 12.5. The number of likely N-dealkylation sites (tertiary alicyclic amines) is 1. The van der Waals surface area contributed by atoms with Crippen molar-refractivity contribution in [2.75, 3.05) is 18.4 Å². The summed E-state index contributed by atoms with van der Waals surface area (Å²) in [6.07, 6.45) is 1.59. The molecule has 2 aromatic rings. The lowest BCUT2D eigenvalue weighted by molar-refractivity contribution is -0.384. The number of nitrogens with zero attached hydrogens (tertiary/aromatic N) is 2. The lowest BCUT2D eigenvalue weighted by Gasteiger charge is -2.32. The number of piperidine rings is 1. The van der Waals surface area contributed by atoms with Gasteiger partial charge >= 0.3 is 0 Å². The molecule has 1 unspecified atom stereocenters. The number of halogens is 1. The number of nitro groups is 1. The Morgan fingerprint density at radius 1 is 1.27 bits per heavy atom. The second-order valence-corrected chi connectivity index (χ2v) is 6.46. The van der Waals surface area contributed by atoms with Crippen LogP contribution in [0.4, 0.5) is 15.8 Å². The molecule has 0 bridgehead atoms. The van der Waals surface area contributed by atoms with Crippen LogP contribution in [0, 0.1) is 21.8 Å². The molecular formula is C19H20FN3O3. The fraction of sp³-hybridized carbons (Fsp3) is 0.316. The largest absolute Gasteiger partial charge is 0.326 e. The number of non-ortho nitro benzene ring substituents is 1. The van der Waals surface area contributed by atoms with Gasteiger partial charge in [-0.15, -0.1) is 0 Å². The molecule has 26 heavy (non-hydrogen) atoms. The fourth-order valence-corrected chi connectivity index (χ4v) is 3.22. The average Bonchev–Trinajstić information content (AvgIpc) is 2.64. The second-order valence-electron chi connectivity index (χ2n) is 6.46. The molecule has 6 nitrogen and oxygen atoms in total. The zero-order chi connectivity index (χ0) is 18.5. The topological polar surface area (TPSA) is 75.5 Å². The molecule has 1 fully saturated rings. The molecule has 1 saturated heterocycles. The number of rotatable bonds is 5. The van der Waals surface area contributed by atoms with Gasteiger partial charge in [0.15, 0.2) is 0 Å². The molecule has 1 aliphatic heterocycles. The van der Waals surface area contributed by atoms with Gasteiger partial charge in [-0.3, -0.25) is 19.8 Å². The minimum atomic E-state index is -0.494. The van der Waals surface area contributed by atoms with E-state index >= 15 is 0 Å². The van der Waals surface area contributed by atoms with Crippen molar-refractivity contribution in [1.82, 2.24) is 4.90 Å². The fourth-order valence-electron chi connectivity index (χ4n) is 3.22. The monoisotopic (exact) mass is 357 g/mol. The lowest BCUT2D eigenvalue weighted by Crippen LogP contribution is -2.40. The minimum absolute atomic E-state index is 0.0624. The highest BCUT2D eigenvalue weighted by Gasteiger charge is 2.26. The van der Waals surface area contributed by atoms with E-state index in [-0.39, 0.29) is 23.3 Å². The van der Waals surface area contributed by atoms with Gasteiger partial charge in [0.25, 0.3) is 5.69 Å². The summed E-state index contributed by atoms with van der Waals surface area (Å²) in [6.45, 7) is 1.82. The maximum Gasteiger partial charge on any atom is 0.271 e. The van der Waals surface area contributed by atoms with E-state index in [1.807, 2.05) is 0 Å². The van der Waals surface area contributed by atoms with Crippen LogP contribution in [0.15, 0.2) is 48.5 Å². The zero-order valence-corrected chi connectivity index (χ0v) is 14.2. The number of nitrogens with one attached hydrogen (secondary N) is 1. The second kappa shape index (κ2) is 8.05. The van der Waals surface area contributed by atoms with E-state index in [9.17, 15) is 19.3 Å². The van der Waals surface area contributed by atoms with Gasteiger partial charge < -0.3 is 5.32 Å². The van der Waals surface area contributed by atoms with E-state index in [0.29, 0.717) is 24.3 Å². The Hall–Kier alpha value is -2.80. The summed E-state index contributed by atoms with van der Waals surface area (Å²) in [5.41, 5.74) is 0.968. The van der Waals surface area contributed by atoms with Crippen LogP contribution in [0.3, 0.4) is 0 Å². The van der Waals surface area contributed by atoms with Crippen LogP contribution in [0.25, 0.3) is 0 Å². The molecule has 7 heteroatoms. The number of benzene rings is 2. The first kappa shape index (κ1) is 18.0. The first-order valence-corrected chi connectivity index (χ1v) is 8.54. The zero-order valence-electron chi connectivity index (χ0n) is 14.2. The van der Waals surface area contributed by atoms with Gasteiger partial charge in [-0.05, 0) is 31.5 Å². The summed E-state index contributed by atoms with van der Waals surface area (Å²) >= 11 is 0. The predicted molar refractivity (Wildman–Crippen MR) is 96.1 cm³/mol. The number of nitro benzene ring substituents is 1.